The second kappa shape index (κ2) is 6.65. The number of rotatable bonds is 6. The maximum Gasteiger partial charge on any atom is 0.267 e. The van der Waals surface area contributed by atoms with Gasteiger partial charge in [0.15, 0.2) is 0 Å². The second-order valence-corrected chi connectivity index (χ2v) is 5.64. The summed E-state index contributed by atoms with van der Waals surface area (Å²) in [4.78, 5) is 23.2. The van der Waals surface area contributed by atoms with Crippen LogP contribution in [0.4, 0.5) is 0 Å². The lowest BCUT2D eigenvalue weighted by molar-refractivity contribution is -0.130. The lowest BCUT2D eigenvalue weighted by Gasteiger charge is -2.25. The molecule has 1 aliphatic rings. The molecule has 1 heterocycles. The number of aliphatic hydroxyl groups is 1. The number of carbonyl (C=O) groups is 2. The highest BCUT2D eigenvalue weighted by molar-refractivity contribution is 6.39. The minimum atomic E-state index is -0.212. The van der Waals surface area contributed by atoms with Crippen LogP contribution in [0.2, 0.25) is 0 Å². The molecule has 0 bridgehead atoms. The Bertz CT molecular complexity index is 377. The number of aliphatic hydroxyl groups excluding tert-OH is 1. The van der Waals surface area contributed by atoms with Crippen LogP contribution in [0.15, 0.2) is 5.10 Å². The number of carbonyl (C=O) groups excluding carboxylic acids is 2. The summed E-state index contributed by atoms with van der Waals surface area (Å²) in [6.07, 6.45) is 2.29. The van der Waals surface area contributed by atoms with Crippen LogP contribution < -0.4 is 5.32 Å². The summed E-state index contributed by atoms with van der Waals surface area (Å²) in [5.41, 5.74) is 0.343. The third-order valence-corrected chi connectivity index (χ3v) is 3.21. The predicted molar refractivity (Wildman–Crippen MR) is 72.5 cm³/mol. The van der Waals surface area contributed by atoms with Crippen LogP contribution >= 0.6 is 0 Å². The van der Waals surface area contributed by atoms with Crippen molar-refractivity contribution in [3.63, 3.8) is 0 Å². The van der Waals surface area contributed by atoms with E-state index in [4.69, 9.17) is 5.11 Å². The summed E-state index contributed by atoms with van der Waals surface area (Å²) in [5, 5.41) is 16.9. The fraction of sp³-hybridized carbons (Fsp3) is 0.769. The van der Waals surface area contributed by atoms with E-state index >= 15 is 0 Å². The average molecular weight is 269 g/mol. The van der Waals surface area contributed by atoms with E-state index < -0.39 is 0 Å². The molecule has 2 N–H and O–H groups in total. The van der Waals surface area contributed by atoms with Crippen molar-refractivity contribution < 1.29 is 14.7 Å². The summed E-state index contributed by atoms with van der Waals surface area (Å²) >= 11 is 0. The average Bonchev–Trinajstić information content (AvgIpc) is 2.37. The van der Waals surface area contributed by atoms with Gasteiger partial charge in [0.25, 0.3) is 5.91 Å². The highest BCUT2D eigenvalue weighted by Crippen LogP contribution is 2.20. The van der Waals surface area contributed by atoms with E-state index in [2.05, 4.69) is 10.4 Å². The summed E-state index contributed by atoms with van der Waals surface area (Å²) in [6.45, 7) is 4.78. The molecular formula is C13H23N3O3. The summed E-state index contributed by atoms with van der Waals surface area (Å²) in [5.74, 6) is -0.281. The molecule has 1 rings (SSSR count). The Morgan fingerprint density at radius 3 is 2.74 bits per heavy atom. The Hall–Kier alpha value is -1.43. The lowest BCUT2D eigenvalue weighted by Crippen LogP contribution is -2.41. The summed E-state index contributed by atoms with van der Waals surface area (Å²) in [6, 6.07) is 0. The first-order chi connectivity index (χ1) is 8.85. The number of hydrogen-bond acceptors (Lipinski definition) is 4. The minimum absolute atomic E-state index is 0.0602. The van der Waals surface area contributed by atoms with Crippen LogP contribution in [0, 0.1) is 5.41 Å². The Morgan fingerprint density at radius 1 is 1.47 bits per heavy atom. The van der Waals surface area contributed by atoms with Crippen LogP contribution in [0.5, 0.6) is 0 Å². The molecule has 0 spiro atoms. The van der Waals surface area contributed by atoms with Crippen LogP contribution in [0.1, 0.15) is 39.5 Å². The molecule has 0 radical (unpaired) electrons. The minimum Gasteiger partial charge on any atom is -0.396 e. The first kappa shape index (κ1) is 15.6. The molecule has 0 atom stereocenters. The van der Waals surface area contributed by atoms with Crippen molar-refractivity contribution in [2.75, 3.05) is 20.2 Å². The Balaban J connectivity index is 2.47. The normalized spacial score (nSPS) is 16.3. The van der Waals surface area contributed by atoms with Gasteiger partial charge in [-0.05, 0) is 18.3 Å². The van der Waals surface area contributed by atoms with Gasteiger partial charge in [-0.3, -0.25) is 9.59 Å². The standard InChI is InChI=1S/C13H23N3O3/c1-13(2,7-4-8-17)9-14-12(19)10-5-6-11(18)16(3)15-10/h17H,4-9H2,1-3H3,(H,14,19). The molecule has 0 fully saturated rings. The summed E-state index contributed by atoms with van der Waals surface area (Å²) < 4.78 is 0. The lowest BCUT2D eigenvalue weighted by atomic mass is 9.88. The molecule has 0 aromatic heterocycles. The van der Waals surface area contributed by atoms with Crippen LogP contribution in [0.3, 0.4) is 0 Å². The van der Waals surface area contributed by atoms with Gasteiger partial charge in [0.2, 0.25) is 5.91 Å². The van der Waals surface area contributed by atoms with E-state index in [0.717, 1.165) is 12.8 Å². The quantitative estimate of drug-likeness (QED) is 0.737. The molecule has 0 saturated heterocycles. The van der Waals surface area contributed by atoms with Gasteiger partial charge in [-0.25, -0.2) is 5.01 Å². The van der Waals surface area contributed by atoms with Crippen molar-refractivity contribution in [2.45, 2.75) is 39.5 Å². The fourth-order valence-corrected chi connectivity index (χ4v) is 1.90. The monoisotopic (exact) mass is 269 g/mol. The molecule has 2 amide bonds. The van der Waals surface area contributed by atoms with Crippen molar-refractivity contribution in [3.05, 3.63) is 0 Å². The third-order valence-electron chi connectivity index (χ3n) is 3.21. The number of nitrogens with one attached hydrogen (secondary N) is 1. The van der Waals surface area contributed by atoms with Gasteiger partial charge in [0.1, 0.15) is 5.71 Å². The molecule has 0 aromatic rings. The topological polar surface area (TPSA) is 82.0 Å². The zero-order chi connectivity index (χ0) is 14.5. The molecule has 6 nitrogen and oxygen atoms in total. The number of hydrogen-bond donors (Lipinski definition) is 2. The zero-order valence-corrected chi connectivity index (χ0v) is 11.9. The van der Waals surface area contributed by atoms with Gasteiger partial charge in [-0.2, -0.15) is 5.10 Å². The number of amides is 2. The molecule has 19 heavy (non-hydrogen) atoms. The smallest absolute Gasteiger partial charge is 0.267 e. The van der Waals surface area contributed by atoms with Gasteiger partial charge in [-0.15, -0.1) is 0 Å². The van der Waals surface area contributed by atoms with Crippen LogP contribution in [-0.4, -0.2) is 47.8 Å². The van der Waals surface area contributed by atoms with Crippen LogP contribution in [0.25, 0.3) is 0 Å². The van der Waals surface area contributed by atoms with Crippen molar-refractivity contribution >= 4 is 17.5 Å². The Kier molecular flexibility index (Phi) is 5.47. The Labute approximate surface area is 113 Å². The van der Waals surface area contributed by atoms with E-state index in [1.54, 1.807) is 7.05 Å². The molecule has 0 aliphatic carbocycles. The first-order valence-electron chi connectivity index (χ1n) is 6.59. The van der Waals surface area contributed by atoms with Crippen molar-refractivity contribution in [2.24, 2.45) is 10.5 Å². The fourth-order valence-electron chi connectivity index (χ4n) is 1.90. The molecular weight excluding hydrogens is 246 g/mol. The molecule has 0 aromatic carbocycles. The Morgan fingerprint density at radius 2 is 2.16 bits per heavy atom. The predicted octanol–water partition coefficient (Wildman–Crippen LogP) is 0.509. The van der Waals surface area contributed by atoms with E-state index in [-0.39, 0.29) is 23.8 Å². The van der Waals surface area contributed by atoms with E-state index in [9.17, 15) is 9.59 Å². The highest BCUT2D eigenvalue weighted by Gasteiger charge is 2.24. The van der Waals surface area contributed by atoms with Crippen molar-refractivity contribution in [3.8, 4) is 0 Å². The number of nitrogens with zero attached hydrogens (tertiary/aromatic N) is 2. The number of hydrazone groups is 1. The van der Waals surface area contributed by atoms with Crippen LogP contribution in [-0.2, 0) is 9.59 Å². The highest BCUT2D eigenvalue weighted by atomic mass is 16.3. The molecule has 0 saturated carbocycles. The van der Waals surface area contributed by atoms with E-state index in [0.29, 0.717) is 25.1 Å². The molecule has 0 unspecified atom stereocenters. The molecule has 1 aliphatic heterocycles. The third kappa shape index (κ3) is 4.98. The first-order valence-corrected chi connectivity index (χ1v) is 6.59. The molecule has 108 valence electrons. The van der Waals surface area contributed by atoms with E-state index in [1.165, 1.54) is 5.01 Å². The van der Waals surface area contributed by atoms with Crippen molar-refractivity contribution in [1.82, 2.24) is 10.3 Å². The summed E-state index contributed by atoms with van der Waals surface area (Å²) in [7, 11) is 1.56. The van der Waals surface area contributed by atoms with Crippen molar-refractivity contribution in [1.29, 1.82) is 0 Å². The van der Waals surface area contributed by atoms with Gasteiger partial charge in [-0.1, -0.05) is 13.8 Å². The zero-order valence-electron chi connectivity index (χ0n) is 11.9. The van der Waals surface area contributed by atoms with Gasteiger partial charge < -0.3 is 10.4 Å². The SMILES string of the molecule is CN1N=C(C(=O)NCC(C)(C)CCCO)CCC1=O. The largest absolute Gasteiger partial charge is 0.396 e. The van der Waals surface area contributed by atoms with E-state index in [1.807, 2.05) is 13.8 Å². The van der Waals surface area contributed by atoms with Gasteiger partial charge in [0.05, 0.1) is 0 Å². The second-order valence-electron chi connectivity index (χ2n) is 5.64. The maximum absolute atomic E-state index is 11.9. The van der Waals surface area contributed by atoms with Gasteiger partial charge >= 0.3 is 0 Å². The maximum atomic E-state index is 11.9. The molecule has 6 heteroatoms. The van der Waals surface area contributed by atoms with Gasteiger partial charge in [0, 0.05) is 33.0 Å².